The summed E-state index contributed by atoms with van der Waals surface area (Å²) in [6.07, 6.45) is 0. The third-order valence-electron chi connectivity index (χ3n) is 7.93. The van der Waals surface area contributed by atoms with Crippen LogP contribution in [-0.4, -0.2) is 78.1 Å². The lowest BCUT2D eigenvalue weighted by Crippen LogP contribution is -2.68. The predicted molar refractivity (Wildman–Crippen MR) is 147 cm³/mol. The van der Waals surface area contributed by atoms with Crippen molar-refractivity contribution in [2.24, 2.45) is 0 Å². The van der Waals surface area contributed by atoms with Gasteiger partial charge in [0.15, 0.2) is 0 Å². The van der Waals surface area contributed by atoms with Crippen LogP contribution < -0.4 is 5.32 Å². The first-order valence-corrected chi connectivity index (χ1v) is 12.3. The highest BCUT2D eigenvalue weighted by Gasteiger charge is 2.56. The van der Waals surface area contributed by atoms with Gasteiger partial charge in [0.25, 0.3) is 11.8 Å². The zero-order chi connectivity index (χ0) is 27.4. The van der Waals surface area contributed by atoms with Crippen molar-refractivity contribution in [3.05, 3.63) is 69.7 Å². The van der Waals surface area contributed by atoms with E-state index in [0.717, 1.165) is 16.9 Å². The standard InChI is InChI=1S/C22H23B5ClF2N3O4/c23-14-15(24)21(26,20(37)33(27)18(14)35)32-8-10-7-9(1-6-13(10)17(32)34)16(25)31-19(36)22(29,30)11-2-4-12(28)5-3-11/h1-7,14-16H,8,23-27H2,(H,31,36)/t14?,15?,16?,21-/m0/s1. The highest BCUT2D eigenvalue weighted by molar-refractivity contribution is 6.47. The summed E-state index contributed by atoms with van der Waals surface area (Å²) in [5, 5.41) is 2.62. The van der Waals surface area contributed by atoms with E-state index in [-0.39, 0.29) is 23.4 Å². The van der Waals surface area contributed by atoms with E-state index in [1.165, 1.54) is 25.0 Å². The molecule has 1 fully saturated rings. The van der Waals surface area contributed by atoms with Crippen LogP contribution in [0.15, 0.2) is 42.5 Å². The summed E-state index contributed by atoms with van der Waals surface area (Å²) in [5.41, 5.74) is -0.182. The van der Waals surface area contributed by atoms with Crippen molar-refractivity contribution in [3.63, 3.8) is 0 Å². The van der Waals surface area contributed by atoms with E-state index in [9.17, 15) is 28.0 Å². The number of nitrogens with zero attached hydrogens (tertiary/aromatic N) is 2. The fourth-order valence-electron chi connectivity index (χ4n) is 5.15. The molecule has 4 rings (SSSR count). The SMILES string of the molecule is BC(NC(=O)C(F)(F)c1ccc(Cl)cc1)c1ccc2c(c1)CN([C@]1(B)C(=O)N(B)C(=O)C(B)C1B)C2=O. The van der Waals surface area contributed by atoms with Crippen molar-refractivity contribution in [1.29, 1.82) is 0 Å². The number of piperidine rings is 1. The molecular formula is C22H23B5ClF2N3O4. The van der Waals surface area contributed by atoms with Crippen LogP contribution in [0.5, 0.6) is 0 Å². The molecule has 0 radical (unpaired) electrons. The van der Waals surface area contributed by atoms with E-state index in [2.05, 4.69) is 5.32 Å². The Bertz CT molecular complexity index is 1320. The minimum absolute atomic E-state index is 0.116. The number of fused-ring (bicyclic) bond motifs is 1. The topological polar surface area (TPSA) is 86.8 Å². The number of rotatable bonds is 5. The molecule has 0 spiro atoms. The Morgan fingerprint density at radius 1 is 1.14 bits per heavy atom. The van der Waals surface area contributed by atoms with Gasteiger partial charge in [-0.05, 0) is 35.1 Å². The summed E-state index contributed by atoms with van der Waals surface area (Å²) in [5.74, 6) is -7.98. The molecular weight excluding hydrogens is 498 g/mol. The summed E-state index contributed by atoms with van der Waals surface area (Å²) in [6.45, 7) is 0.116. The number of imide groups is 1. The molecule has 0 aromatic heterocycles. The third kappa shape index (κ3) is 4.29. The van der Waals surface area contributed by atoms with Gasteiger partial charge in [0, 0.05) is 34.5 Å². The van der Waals surface area contributed by atoms with E-state index in [0.29, 0.717) is 16.7 Å². The van der Waals surface area contributed by atoms with E-state index >= 15 is 0 Å². The number of hydrogen-bond donors (Lipinski definition) is 1. The predicted octanol–water partition coefficient (Wildman–Crippen LogP) is -2.07. The molecule has 4 atom stereocenters. The van der Waals surface area contributed by atoms with Crippen LogP contribution >= 0.6 is 11.6 Å². The van der Waals surface area contributed by atoms with Gasteiger partial charge in [-0.1, -0.05) is 35.9 Å². The van der Waals surface area contributed by atoms with Crippen molar-refractivity contribution in [2.45, 2.75) is 35.5 Å². The first-order chi connectivity index (χ1) is 17.2. The first kappa shape index (κ1) is 27.0. The molecule has 2 aliphatic rings. The molecule has 0 aliphatic carbocycles. The summed E-state index contributed by atoms with van der Waals surface area (Å²) in [7, 11) is 8.19. The molecule has 37 heavy (non-hydrogen) atoms. The number of alkyl halides is 2. The fourth-order valence-corrected chi connectivity index (χ4v) is 5.27. The summed E-state index contributed by atoms with van der Waals surface area (Å²) >= 11 is 5.76. The van der Waals surface area contributed by atoms with E-state index in [4.69, 9.17) is 11.6 Å². The van der Waals surface area contributed by atoms with Crippen molar-refractivity contribution in [1.82, 2.24) is 15.0 Å². The van der Waals surface area contributed by atoms with Gasteiger partial charge in [-0.25, -0.2) is 0 Å². The number of hydrogen-bond acceptors (Lipinski definition) is 4. The maximum atomic E-state index is 14.7. The van der Waals surface area contributed by atoms with Gasteiger partial charge in [-0.3, -0.25) is 19.2 Å². The zero-order valence-corrected chi connectivity index (χ0v) is 21.9. The van der Waals surface area contributed by atoms with Crippen molar-refractivity contribution >= 4 is 74.6 Å². The maximum absolute atomic E-state index is 14.7. The molecule has 0 bridgehead atoms. The Morgan fingerprint density at radius 2 is 1.76 bits per heavy atom. The normalized spacial score (nSPS) is 24.7. The Morgan fingerprint density at radius 3 is 2.38 bits per heavy atom. The molecule has 186 valence electrons. The number of halogens is 3. The van der Waals surface area contributed by atoms with Crippen LogP contribution in [-0.2, 0) is 26.9 Å². The lowest BCUT2D eigenvalue weighted by atomic mass is 9.48. The van der Waals surface area contributed by atoms with Crippen LogP contribution in [0.4, 0.5) is 8.78 Å². The number of benzene rings is 2. The summed E-state index contributed by atoms with van der Waals surface area (Å²) in [4.78, 5) is 54.0. The number of carbonyl (C=O) groups excluding carboxylic acids is 4. The number of nitrogens with one attached hydrogen (secondary N) is 1. The van der Waals surface area contributed by atoms with Gasteiger partial charge < -0.3 is 15.0 Å². The van der Waals surface area contributed by atoms with Crippen molar-refractivity contribution in [3.8, 4) is 0 Å². The molecule has 3 unspecified atom stereocenters. The van der Waals surface area contributed by atoms with Gasteiger partial charge in [0.05, 0.1) is 5.44 Å². The van der Waals surface area contributed by atoms with E-state index in [1.807, 2.05) is 0 Å². The Hall–Kier alpha value is -3.01. The van der Waals surface area contributed by atoms with E-state index in [1.54, 1.807) is 49.6 Å². The average Bonchev–Trinajstić information content (AvgIpc) is 3.21. The zero-order valence-electron chi connectivity index (χ0n) is 21.1. The molecule has 2 heterocycles. The van der Waals surface area contributed by atoms with Gasteiger partial charge >= 0.3 is 5.92 Å². The monoisotopic (exact) mass is 521 g/mol. The van der Waals surface area contributed by atoms with Gasteiger partial charge in [0.2, 0.25) is 19.8 Å². The summed E-state index contributed by atoms with van der Waals surface area (Å²) < 4.78 is 29.5. The maximum Gasteiger partial charge on any atom is 0.349 e. The minimum Gasteiger partial charge on any atom is -0.352 e. The molecule has 1 saturated heterocycles. The molecule has 2 aromatic carbocycles. The lowest BCUT2D eigenvalue weighted by Gasteiger charge is -2.50. The molecule has 2 aliphatic heterocycles. The van der Waals surface area contributed by atoms with Gasteiger partial charge in [-0.2, -0.15) is 8.78 Å². The Balaban J connectivity index is 1.56. The average molecular weight is 521 g/mol. The van der Waals surface area contributed by atoms with Crippen LogP contribution in [0, 0.1) is 0 Å². The highest BCUT2D eigenvalue weighted by Crippen LogP contribution is 2.43. The quantitative estimate of drug-likeness (QED) is 0.362. The second kappa shape index (κ2) is 9.38. The van der Waals surface area contributed by atoms with Crippen LogP contribution in [0.25, 0.3) is 0 Å². The minimum atomic E-state index is -3.77. The van der Waals surface area contributed by atoms with Crippen LogP contribution in [0.3, 0.4) is 0 Å². The summed E-state index contributed by atoms with van der Waals surface area (Å²) in [6, 6.07) is 9.63. The molecule has 1 N–H and O–H groups in total. The fraction of sp³-hybridized carbons (Fsp3) is 0.273. The van der Waals surface area contributed by atoms with Gasteiger partial charge in [0.1, 0.15) is 31.4 Å². The lowest BCUT2D eigenvalue weighted by molar-refractivity contribution is -0.148. The first-order valence-electron chi connectivity index (χ1n) is 11.9. The largest absolute Gasteiger partial charge is 0.352 e. The molecule has 7 nitrogen and oxygen atoms in total. The molecule has 15 heteroatoms. The smallest absolute Gasteiger partial charge is 0.349 e. The van der Waals surface area contributed by atoms with E-state index < -0.39 is 46.3 Å². The second-order valence-corrected chi connectivity index (χ2v) is 10.4. The van der Waals surface area contributed by atoms with Crippen LogP contribution in [0.2, 0.25) is 16.7 Å². The Labute approximate surface area is 222 Å². The Kier molecular flexibility index (Phi) is 6.86. The third-order valence-corrected chi connectivity index (χ3v) is 8.18. The molecule has 4 amide bonds. The number of carbonyl (C=O) groups is 4. The van der Waals surface area contributed by atoms with Crippen molar-refractivity contribution < 1.29 is 28.0 Å². The highest BCUT2D eigenvalue weighted by atomic mass is 35.5. The van der Waals surface area contributed by atoms with Crippen molar-refractivity contribution in [2.75, 3.05) is 0 Å². The number of amides is 4. The van der Waals surface area contributed by atoms with Crippen LogP contribution in [0.1, 0.15) is 33.0 Å². The molecule has 2 aromatic rings. The second-order valence-electron chi connectivity index (χ2n) is 10.0. The molecule has 0 saturated carbocycles. The van der Waals surface area contributed by atoms with Gasteiger partial charge in [-0.15, -0.1) is 0 Å².